The smallest absolute Gasteiger partial charge is 0.224 e. The van der Waals surface area contributed by atoms with E-state index in [1.54, 1.807) is 0 Å². The molecule has 1 aliphatic rings. The summed E-state index contributed by atoms with van der Waals surface area (Å²) in [5.74, 6) is 0.559. The number of nitrogens with zero attached hydrogens (tertiary/aromatic N) is 2. The molecular formula is C17H29N3O2. The average Bonchev–Trinajstić information content (AvgIpc) is 2.74. The van der Waals surface area contributed by atoms with Gasteiger partial charge in [-0.15, -0.1) is 0 Å². The van der Waals surface area contributed by atoms with Crippen LogP contribution in [0.2, 0.25) is 0 Å². The quantitative estimate of drug-likeness (QED) is 0.845. The fourth-order valence-corrected chi connectivity index (χ4v) is 3.59. The summed E-state index contributed by atoms with van der Waals surface area (Å²) in [7, 11) is 1.90. The molecule has 1 aromatic heterocycles. The van der Waals surface area contributed by atoms with Gasteiger partial charge in [-0.2, -0.15) is 5.10 Å². The lowest BCUT2D eigenvalue weighted by Crippen LogP contribution is -2.42. The molecule has 22 heavy (non-hydrogen) atoms. The Balaban J connectivity index is 1.98. The molecule has 0 saturated heterocycles. The van der Waals surface area contributed by atoms with Gasteiger partial charge in [0.25, 0.3) is 0 Å². The molecule has 1 aromatic rings. The summed E-state index contributed by atoms with van der Waals surface area (Å²) in [5.41, 5.74) is 2.99. The van der Waals surface area contributed by atoms with Crippen LogP contribution in [0.3, 0.4) is 0 Å². The van der Waals surface area contributed by atoms with Crippen LogP contribution in [0.1, 0.15) is 55.5 Å². The van der Waals surface area contributed by atoms with Crippen molar-refractivity contribution in [2.45, 2.75) is 64.8 Å². The predicted octanol–water partition coefficient (Wildman–Crippen LogP) is 2.03. The van der Waals surface area contributed by atoms with Gasteiger partial charge in [0, 0.05) is 31.0 Å². The standard InChI is InChI=1S/C17H29N3O2/c1-12-15(13(2)20(3)19-12)11-17(22)18-16(9-10-21)14-7-5-4-6-8-14/h14,16,21H,4-11H2,1-3H3,(H,18,22). The molecule has 0 aromatic carbocycles. The van der Waals surface area contributed by atoms with E-state index in [2.05, 4.69) is 10.4 Å². The fraction of sp³-hybridized carbons (Fsp3) is 0.765. The fourth-order valence-electron chi connectivity index (χ4n) is 3.59. The summed E-state index contributed by atoms with van der Waals surface area (Å²) < 4.78 is 1.82. The third-order valence-corrected chi connectivity index (χ3v) is 5.00. The summed E-state index contributed by atoms with van der Waals surface area (Å²) in [6.07, 6.45) is 7.13. The van der Waals surface area contributed by atoms with Crippen LogP contribution in [0.15, 0.2) is 0 Å². The molecule has 1 amide bonds. The Morgan fingerprint density at radius 2 is 2.05 bits per heavy atom. The summed E-state index contributed by atoms with van der Waals surface area (Å²) >= 11 is 0. The van der Waals surface area contributed by atoms with Crippen LogP contribution in [0.4, 0.5) is 0 Å². The van der Waals surface area contributed by atoms with Crippen LogP contribution in [0.25, 0.3) is 0 Å². The first-order valence-electron chi connectivity index (χ1n) is 8.42. The molecule has 5 heteroatoms. The molecule has 0 bridgehead atoms. The van der Waals surface area contributed by atoms with Gasteiger partial charge in [0.05, 0.1) is 12.1 Å². The summed E-state index contributed by atoms with van der Waals surface area (Å²) in [6.45, 7) is 4.07. The van der Waals surface area contributed by atoms with Crippen molar-refractivity contribution in [1.82, 2.24) is 15.1 Å². The monoisotopic (exact) mass is 307 g/mol. The van der Waals surface area contributed by atoms with Crippen LogP contribution in [0.5, 0.6) is 0 Å². The van der Waals surface area contributed by atoms with Crippen molar-refractivity contribution in [2.75, 3.05) is 6.61 Å². The van der Waals surface area contributed by atoms with Gasteiger partial charge in [-0.3, -0.25) is 9.48 Å². The Morgan fingerprint density at radius 3 is 2.59 bits per heavy atom. The number of aliphatic hydroxyl groups is 1. The average molecular weight is 307 g/mol. The zero-order chi connectivity index (χ0) is 16.1. The lowest BCUT2D eigenvalue weighted by atomic mass is 9.82. The third kappa shape index (κ3) is 4.09. The Morgan fingerprint density at radius 1 is 1.36 bits per heavy atom. The Kier molecular flexibility index (Phi) is 6.00. The molecule has 2 rings (SSSR count). The molecule has 1 saturated carbocycles. The first-order valence-corrected chi connectivity index (χ1v) is 8.42. The zero-order valence-electron chi connectivity index (χ0n) is 14.1. The van der Waals surface area contributed by atoms with E-state index < -0.39 is 0 Å². The molecule has 124 valence electrons. The van der Waals surface area contributed by atoms with Crippen LogP contribution in [0, 0.1) is 19.8 Å². The molecule has 1 fully saturated rings. The zero-order valence-corrected chi connectivity index (χ0v) is 14.1. The topological polar surface area (TPSA) is 67.2 Å². The predicted molar refractivity (Wildman–Crippen MR) is 86.6 cm³/mol. The van der Waals surface area contributed by atoms with Crippen LogP contribution >= 0.6 is 0 Å². The number of amides is 1. The normalized spacial score (nSPS) is 17.5. The highest BCUT2D eigenvalue weighted by Gasteiger charge is 2.25. The van der Waals surface area contributed by atoms with Crippen LogP contribution < -0.4 is 5.32 Å². The van der Waals surface area contributed by atoms with Gasteiger partial charge < -0.3 is 10.4 Å². The first-order chi connectivity index (χ1) is 10.5. The number of carbonyl (C=O) groups is 1. The van der Waals surface area contributed by atoms with E-state index in [1.807, 2.05) is 25.6 Å². The minimum atomic E-state index is 0.0447. The van der Waals surface area contributed by atoms with Crippen molar-refractivity contribution in [3.05, 3.63) is 17.0 Å². The Labute approximate surface area is 133 Å². The maximum atomic E-state index is 12.4. The second-order valence-corrected chi connectivity index (χ2v) is 6.53. The van der Waals surface area contributed by atoms with Gasteiger partial charge in [-0.05, 0) is 39.0 Å². The van der Waals surface area contributed by atoms with Gasteiger partial charge in [-0.25, -0.2) is 0 Å². The highest BCUT2D eigenvalue weighted by molar-refractivity contribution is 5.79. The summed E-state index contributed by atoms with van der Waals surface area (Å²) in [4.78, 5) is 12.4. The molecule has 0 radical (unpaired) electrons. The number of aromatic nitrogens is 2. The second kappa shape index (κ2) is 7.77. The minimum absolute atomic E-state index is 0.0447. The van der Waals surface area contributed by atoms with E-state index in [1.165, 1.54) is 19.3 Å². The molecule has 1 unspecified atom stereocenters. The number of aryl methyl sites for hydroxylation is 2. The molecule has 1 atom stereocenters. The summed E-state index contributed by atoms with van der Waals surface area (Å²) in [5, 5.41) is 16.8. The summed E-state index contributed by atoms with van der Waals surface area (Å²) in [6, 6.07) is 0.107. The van der Waals surface area contributed by atoms with E-state index in [9.17, 15) is 9.90 Å². The number of hydrogen-bond donors (Lipinski definition) is 2. The third-order valence-electron chi connectivity index (χ3n) is 5.00. The number of nitrogens with one attached hydrogen (secondary N) is 1. The van der Waals surface area contributed by atoms with Gasteiger partial charge in [0.1, 0.15) is 0 Å². The number of carbonyl (C=O) groups excluding carboxylic acids is 1. The first kappa shape index (κ1) is 17.0. The van der Waals surface area contributed by atoms with Gasteiger partial charge in [0.2, 0.25) is 5.91 Å². The van der Waals surface area contributed by atoms with Crippen molar-refractivity contribution in [3.8, 4) is 0 Å². The van der Waals surface area contributed by atoms with Gasteiger partial charge in [-0.1, -0.05) is 19.3 Å². The number of hydrogen-bond acceptors (Lipinski definition) is 3. The molecular weight excluding hydrogens is 278 g/mol. The Hall–Kier alpha value is -1.36. The molecule has 0 spiro atoms. The van der Waals surface area contributed by atoms with Crippen molar-refractivity contribution in [3.63, 3.8) is 0 Å². The van der Waals surface area contributed by atoms with E-state index in [4.69, 9.17) is 0 Å². The molecule has 5 nitrogen and oxygen atoms in total. The SMILES string of the molecule is Cc1nn(C)c(C)c1CC(=O)NC(CCO)C1CCCCC1. The maximum Gasteiger partial charge on any atom is 0.224 e. The molecule has 2 N–H and O–H groups in total. The Bertz CT molecular complexity index is 504. The highest BCUT2D eigenvalue weighted by atomic mass is 16.3. The van der Waals surface area contributed by atoms with Gasteiger partial charge in [0.15, 0.2) is 0 Å². The number of rotatable bonds is 6. The van der Waals surface area contributed by atoms with Crippen LogP contribution in [-0.4, -0.2) is 33.4 Å². The highest BCUT2D eigenvalue weighted by Crippen LogP contribution is 2.27. The van der Waals surface area contributed by atoms with E-state index in [0.29, 0.717) is 18.8 Å². The van der Waals surface area contributed by atoms with Crippen molar-refractivity contribution in [2.24, 2.45) is 13.0 Å². The van der Waals surface area contributed by atoms with Gasteiger partial charge >= 0.3 is 0 Å². The maximum absolute atomic E-state index is 12.4. The molecule has 1 aliphatic carbocycles. The van der Waals surface area contributed by atoms with Crippen molar-refractivity contribution < 1.29 is 9.90 Å². The molecule has 0 aliphatic heterocycles. The van der Waals surface area contributed by atoms with Crippen LogP contribution in [-0.2, 0) is 18.3 Å². The van der Waals surface area contributed by atoms with E-state index in [0.717, 1.165) is 29.8 Å². The lowest BCUT2D eigenvalue weighted by molar-refractivity contribution is -0.121. The van der Waals surface area contributed by atoms with Crippen molar-refractivity contribution in [1.29, 1.82) is 0 Å². The minimum Gasteiger partial charge on any atom is -0.396 e. The number of aliphatic hydroxyl groups excluding tert-OH is 1. The lowest BCUT2D eigenvalue weighted by Gasteiger charge is -2.30. The molecule has 1 heterocycles. The largest absolute Gasteiger partial charge is 0.396 e. The van der Waals surface area contributed by atoms with Crippen molar-refractivity contribution >= 4 is 5.91 Å². The van der Waals surface area contributed by atoms with E-state index in [-0.39, 0.29) is 18.6 Å². The van der Waals surface area contributed by atoms with E-state index >= 15 is 0 Å². The second-order valence-electron chi connectivity index (χ2n) is 6.53.